The van der Waals surface area contributed by atoms with Crippen molar-refractivity contribution in [1.82, 2.24) is 0 Å². The van der Waals surface area contributed by atoms with E-state index in [4.69, 9.17) is 9.47 Å². The number of para-hydroxylation sites is 2. The van der Waals surface area contributed by atoms with Gasteiger partial charge < -0.3 is 9.47 Å². The summed E-state index contributed by atoms with van der Waals surface area (Å²) in [6, 6.07) is 15.2. The highest BCUT2D eigenvalue weighted by molar-refractivity contribution is 5.92. The van der Waals surface area contributed by atoms with Crippen molar-refractivity contribution in [2.75, 3.05) is 0 Å². The molecule has 2 aliphatic heterocycles. The van der Waals surface area contributed by atoms with Gasteiger partial charge in [0.1, 0.15) is 11.5 Å². The van der Waals surface area contributed by atoms with Crippen molar-refractivity contribution in [3.8, 4) is 11.5 Å². The number of benzene rings is 2. The Morgan fingerprint density at radius 2 is 1.00 bits per heavy atom. The van der Waals surface area contributed by atoms with Crippen molar-refractivity contribution >= 4 is 11.9 Å². The van der Waals surface area contributed by atoms with Crippen LogP contribution in [0, 0.1) is 11.8 Å². The summed E-state index contributed by atoms with van der Waals surface area (Å²) < 4.78 is 10.8. The van der Waals surface area contributed by atoms with Gasteiger partial charge in [0.2, 0.25) is 0 Å². The van der Waals surface area contributed by atoms with Crippen LogP contribution in [-0.4, -0.2) is 11.9 Å². The highest BCUT2D eigenvalue weighted by Crippen LogP contribution is 2.64. The standard InChI is InChI=1S/C18H12O4/c19-17-15-13(9-5-1-3-7-11(9)21-17)14-10-6-2-4-8-12(10)22-18(20)16(14)15/h1-8,13-16H/t13-,14-,15-,16-/m1/s1. The molecular formula is C18H12O4. The molecule has 2 aromatic rings. The predicted molar refractivity (Wildman–Crippen MR) is 76.6 cm³/mol. The molecule has 1 aliphatic carbocycles. The van der Waals surface area contributed by atoms with Crippen LogP contribution in [0.3, 0.4) is 0 Å². The van der Waals surface area contributed by atoms with Gasteiger partial charge in [-0.15, -0.1) is 0 Å². The van der Waals surface area contributed by atoms with Gasteiger partial charge in [-0.2, -0.15) is 0 Å². The molecule has 4 heteroatoms. The molecule has 3 aliphatic rings. The van der Waals surface area contributed by atoms with E-state index in [2.05, 4.69) is 0 Å². The Labute approximate surface area is 126 Å². The fourth-order valence-electron chi connectivity index (χ4n) is 4.16. The first-order chi connectivity index (χ1) is 10.8. The molecule has 1 fully saturated rings. The Hall–Kier alpha value is -2.62. The van der Waals surface area contributed by atoms with Gasteiger partial charge in [-0.25, -0.2) is 0 Å². The monoisotopic (exact) mass is 292 g/mol. The third-order valence-electron chi connectivity index (χ3n) is 5.07. The van der Waals surface area contributed by atoms with Crippen LogP contribution in [0.1, 0.15) is 23.0 Å². The van der Waals surface area contributed by atoms with Crippen molar-refractivity contribution in [2.24, 2.45) is 11.8 Å². The molecule has 4 atom stereocenters. The zero-order chi connectivity index (χ0) is 14.8. The summed E-state index contributed by atoms with van der Waals surface area (Å²) in [6.45, 7) is 0. The molecule has 108 valence electrons. The molecule has 1 saturated carbocycles. The van der Waals surface area contributed by atoms with Crippen molar-refractivity contribution in [3.63, 3.8) is 0 Å². The molecule has 22 heavy (non-hydrogen) atoms. The molecule has 0 N–H and O–H groups in total. The molecule has 0 amide bonds. The van der Waals surface area contributed by atoms with E-state index in [0.29, 0.717) is 11.5 Å². The lowest BCUT2D eigenvalue weighted by atomic mass is 9.51. The van der Waals surface area contributed by atoms with Gasteiger partial charge >= 0.3 is 11.9 Å². The Bertz CT molecular complexity index is 756. The molecular weight excluding hydrogens is 280 g/mol. The Morgan fingerprint density at radius 1 is 0.591 bits per heavy atom. The van der Waals surface area contributed by atoms with E-state index in [1.165, 1.54) is 0 Å². The fraction of sp³-hybridized carbons (Fsp3) is 0.222. The summed E-state index contributed by atoms with van der Waals surface area (Å²) >= 11 is 0. The van der Waals surface area contributed by atoms with Gasteiger partial charge in [-0.05, 0) is 23.3 Å². The second-order valence-corrected chi connectivity index (χ2v) is 6.02. The highest BCUT2D eigenvalue weighted by atomic mass is 16.5. The summed E-state index contributed by atoms with van der Waals surface area (Å²) in [4.78, 5) is 24.6. The maximum absolute atomic E-state index is 12.3. The first-order valence-corrected chi connectivity index (χ1v) is 7.37. The number of carbonyl (C=O) groups is 2. The van der Waals surface area contributed by atoms with Gasteiger partial charge in [0.25, 0.3) is 0 Å². The van der Waals surface area contributed by atoms with Crippen molar-refractivity contribution in [2.45, 2.75) is 11.8 Å². The molecule has 0 radical (unpaired) electrons. The fourth-order valence-corrected chi connectivity index (χ4v) is 4.16. The molecule has 2 heterocycles. The molecule has 0 aromatic heterocycles. The van der Waals surface area contributed by atoms with E-state index in [9.17, 15) is 9.59 Å². The minimum absolute atomic E-state index is 0.00329. The van der Waals surface area contributed by atoms with Crippen molar-refractivity contribution in [1.29, 1.82) is 0 Å². The van der Waals surface area contributed by atoms with E-state index in [1.54, 1.807) is 0 Å². The Morgan fingerprint density at radius 3 is 1.45 bits per heavy atom. The van der Waals surface area contributed by atoms with Crippen molar-refractivity contribution in [3.05, 3.63) is 59.7 Å². The topological polar surface area (TPSA) is 52.6 Å². The quantitative estimate of drug-likeness (QED) is 0.553. The van der Waals surface area contributed by atoms with E-state index in [0.717, 1.165) is 11.1 Å². The van der Waals surface area contributed by atoms with Gasteiger partial charge in [0, 0.05) is 11.8 Å². The molecule has 5 rings (SSSR count). The van der Waals surface area contributed by atoms with Crippen LogP contribution in [0.15, 0.2) is 48.5 Å². The van der Waals surface area contributed by atoms with Crippen LogP contribution < -0.4 is 9.47 Å². The number of ether oxygens (including phenoxy) is 2. The summed E-state index contributed by atoms with van der Waals surface area (Å²) in [6.07, 6.45) is 0. The summed E-state index contributed by atoms with van der Waals surface area (Å²) in [5, 5.41) is 0. The zero-order valence-corrected chi connectivity index (χ0v) is 11.6. The maximum atomic E-state index is 12.3. The third-order valence-corrected chi connectivity index (χ3v) is 5.07. The van der Waals surface area contributed by atoms with Gasteiger partial charge in [0.05, 0.1) is 11.8 Å². The van der Waals surface area contributed by atoms with Crippen LogP contribution >= 0.6 is 0 Å². The third kappa shape index (κ3) is 1.32. The highest BCUT2D eigenvalue weighted by Gasteiger charge is 2.64. The summed E-state index contributed by atoms with van der Waals surface area (Å²) in [5.74, 6) is -0.274. The first kappa shape index (κ1) is 12.0. The van der Waals surface area contributed by atoms with Gasteiger partial charge in [-0.1, -0.05) is 36.4 Å². The lowest BCUT2D eigenvalue weighted by Gasteiger charge is -2.53. The average molecular weight is 292 g/mol. The molecule has 0 unspecified atom stereocenters. The number of rotatable bonds is 0. The van der Waals surface area contributed by atoms with Crippen LogP contribution in [0.4, 0.5) is 0 Å². The smallest absolute Gasteiger partial charge is 0.315 e. The number of carbonyl (C=O) groups excluding carboxylic acids is 2. The van der Waals surface area contributed by atoms with E-state index in [1.807, 2.05) is 48.5 Å². The Balaban J connectivity index is 1.71. The van der Waals surface area contributed by atoms with E-state index >= 15 is 0 Å². The number of fused-ring (bicyclic) bond motifs is 8. The number of hydrogen-bond acceptors (Lipinski definition) is 4. The minimum Gasteiger partial charge on any atom is -0.426 e. The van der Waals surface area contributed by atoms with E-state index < -0.39 is 11.8 Å². The zero-order valence-electron chi connectivity index (χ0n) is 11.6. The maximum Gasteiger partial charge on any atom is 0.315 e. The normalized spacial score (nSPS) is 30.7. The average Bonchev–Trinajstić information content (AvgIpc) is 2.49. The van der Waals surface area contributed by atoms with Gasteiger partial charge in [-0.3, -0.25) is 9.59 Å². The predicted octanol–water partition coefficient (Wildman–Crippen LogP) is 2.64. The van der Waals surface area contributed by atoms with Crippen LogP contribution in [0.25, 0.3) is 0 Å². The second-order valence-electron chi connectivity index (χ2n) is 6.02. The largest absolute Gasteiger partial charge is 0.426 e. The summed E-state index contributed by atoms with van der Waals surface area (Å²) in [7, 11) is 0. The van der Waals surface area contributed by atoms with Crippen molar-refractivity contribution < 1.29 is 19.1 Å². The molecule has 0 saturated heterocycles. The SMILES string of the molecule is O=C1Oc2ccccc2[C@H]2[C@@H]1[C@@H]1C(=O)Oc3ccccc3[C@@H]12. The van der Waals surface area contributed by atoms with Gasteiger partial charge in [0.15, 0.2) is 0 Å². The minimum atomic E-state index is -0.430. The molecule has 0 bridgehead atoms. The lowest BCUT2D eigenvalue weighted by molar-refractivity contribution is -0.165. The first-order valence-electron chi connectivity index (χ1n) is 7.37. The number of hydrogen-bond donors (Lipinski definition) is 0. The van der Waals surface area contributed by atoms with Crippen LogP contribution in [0.2, 0.25) is 0 Å². The lowest BCUT2D eigenvalue weighted by Crippen LogP contribution is -2.57. The van der Waals surface area contributed by atoms with Crippen LogP contribution in [0.5, 0.6) is 11.5 Å². The van der Waals surface area contributed by atoms with E-state index in [-0.39, 0.29) is 23.8 Å². The molecule has 2 aromatic carbocycles. The summed E-state index contributed by atoms with van der Waals surface area (Å²) in [5.41, 5.74) is 2.02. The molecule has 4 nitrogen and oxygen atoms in total. The molecule has 0 spiro atoms. The second kappa shape index (κ2) is 3.97. The Kier molecular flexibility index (Phi) is 2.16. The van der Waals surface area contributed by atoms with Crippen LogP contribution in [-0.2, 0) is 9.59 Å². The number of esters is 2.